The van der Waals surface area contributed by atoms with E-state index in [0.717, 1.165) is 18.2 Å². The highest BCUT2D eigenvalue weighted by Gasteiger charge is 2.52. The number of hydrogen-bond acceptors (Lipinski definition) is 5. The molecular weight excluding hydrogens is 394 g/mol. The normalized spacial score (nSPS) is 23.8. The summed E-state index contributed by atoms with van der Waals surface area (Å²) in [5.41, 5.74) is -0.675. The van der Waals surface area contributed by atoms with Crippen LogP contribution in [0.2, 0.25) is 0 Å². The summed E-state index contributed by atoms with van der Waals surface area (Å²) in [6, 6.07) is 3.89. The van der Waals surface area contributed by atoms with Crippen LogP contribution in [0.4, 0.5) is 14.5 Å². The molecular formula is C21H20F2N4O3. The van der Waals surface area contributed by atoms with Gasteiger partial charge in [-0.25, -0.2) is 18.7 Å². The Balaban J connectivity index is 1.53. The Labute approximate surface area is 171 Å². The molecule has 1 aliphatic carbocycles. The van der Waals surface area contributed by atoms with Gasteiger partial charge < -0.3 is 10.2 Å². The topological polar surface area (TPSA) is 92.3 Å². The Morgan fingerprint density at radius 3 is 2.67 bits per heavy atom. The van der Waals surface area contributed by atoms with Gasteiger partial charge in [-0.15, -0.1) is 0 Å². The number of halogens is 2. The zero-order valence-electron chi connectivity index (χ0n) is 16.3. The second-order valence-electron chi connectivity index (χ2n) is 7.90. The van der Waals surface area contributed by atoms with Crippen molar-refractivity contribution < 1.29 is 23.2 Å². The van der Waals surface area contributed by atoms with Gasteiger partial charge in [-0.1, -0.05) is 0 Å². The predicted molar refractivity (Wildman–Crippen MR) is 103 cm³/mol. The van der Waals surface area contributed by atoms with Gasteiger partial charge in [0.05, 0.1) is 5.41 Å². The minimum atomic E-state index is -0.988. The number of amides is 2. The smallest absolute Gasteiger partial charge is 0.270 e. The summed E-state index contributed by atoms with van der Waals surface area (Å²) in [5.74, 6) is -2.02. The third-order valence-electron chi connectivity index (χ3n) is 5.66. The molecule has 1 aromatic carbocycles. The Hall–Kier alpha value is -3.23. The average molecular weight is 414 g/mol. The van der Waals surface area contributed by atoms with E-state index in [0.29, 0.717) is 12.2 Å². The molecule has 1 saturated heterocycles. The maximum absolute atomic E-state index is 13.6. The van der Waals surface area contributed by atoms with Crippen molar-refractivity contribution >= 4 is 23.3 Å². The Bertz CT molecular complexity index is 1020. The standard InChI is InChI=1S/C21H20F2N4O3/c1-12-24-4-2-18(25-12)19(29)26-15-9-17(28)11-21(10-15)3-5-27(20(21)30)16-7-13(22)6-14(23)8-16/h2,4,6-8,15H,3,5,9-11H2,1H3,(H,26,29). The van der Waals surface area contributed by atoms with Gasteiger partial charge in [0.2, 0.25) is 5.91 Å². The third-order valence-corrected chi connectivity index (χ3v) is 5.66. The molecule has 4 rings (SSSR count). The van der Waals surface area contributed by atoms with Crippen molar-refractivity contribution in [2.45, 2.75) is 38.6 Å². The summed E-state index contributed by atoms with van der Waals surface area (Å²) in [5, 5.41) is 2.80. The number of aryl methyl sites for hydroxylation is 1. The van der Waals surface area contributed by atoms with E-state index in [1.54, 1.807) is 6.92 Å². The summed E-state index contributed by atoms with van der Waals surface area (Å²) < 4.78 is 27.2. The first kappa shape index (κ1) is 20.1. The number of hydrogen-bond donors (Lipinski definition) is 1. The van der Waals surface area contributed by atoms with E-state index in [9.17, 15) is 23.2 Å². The maximum Gasteiger partial charge on any atom is 0.270 e. The molecule has 156 valence electrons. The lowest BCUT2D eigenvalue weighted by Crippen LogP contribution is -2.48. The highest BCUT2D eigenvalue weighted by Crippen LogP contribution is 2.45. The molecule has 30 heavy (non-hydrogen) atoms. The van der Waals surface area contributed by atoms with Gasteiger partial charge in [-0.2, -0.15) is 0 Å². The lowest BCUT2D eigenvalue weighted by molar-refractivity contribution is -0.135. The number of carbonyl (C=O) groups excluding carboxylic acids is 3. The molecule has 1 aromatic heterocycles. The summed E-state index contributed by atoms with van der Waals surface area (Å²) in [4.78, 5) is 47.5. The number of nitrogens with zero attached hydrogens (tertiary/aromatic N) is 3. The van der Waals surface area contributed by atoms with Crippen LogP contribution in [-0.2, 0) is 9.59 Å². The van der Waals surface area contributed by atoms with Gasteiger partial charge in [0.1, 0.15) is 28.9 Å². The van der Waals surface area contributed by atoms with Gasteiger partial charge in [0.15, 0.2) is 0 Å². The molecule has 2 heterocycles. The second-order valence-corrected chi connectivity index (χ2v) is 7.90. The van der Waals surface area contributed by atoms with Crippen LogP contribution in [-0.4, -0.2) is 40.2 Å². The fraction of sp³-hybridized carbons (Fsp3) is 0.381. The molecule has 2 aromatic rings. The van der Waals surface area contributed by atoms with Crippen LogP contribution in [0, 0.1) is 24.0 Å². The fourth-order valence-corrected chi connectivity index (χ4v) is 4.40. The van der Waals surface area contributed by atoms with Crippen LogP contribution in [0.5, 0.6) is 0 Å². The van der Waals surface area contributed by atoms with E-state index >= 15 is 0 Å². The lowest BCUT2D eigenvalue weighted by atomic mass is 9.70. The molecule has 1 spiro atoms. The van der Waals surface area contributed by atoms with E-state index in [-0.39, 0.29) is 48.9 Å². The van der Waals surface area contributed by atoms with Crippen molar-refractivity contribution in [2.24, 2.45) is 5.41 Å². The van der Waals surface area contributed by atoms with Crippen LogP contribution in [0.15, 0.2) is 30.5 Å². The van der Waals surface area contributed by atoms with E-state index in [2.05, 4.69) is 15.3 Å². The Morgan fingerprint density at radius 1 is 1.23 bits per heavy atom. The van der Waals surface area contributed by atoms with Gasteiger partial charge in [0, 0.05) is 43.4 Å². The maximum atomic E-state index is 13.6. The predicted octanol–water partition coefficient (Wildman–Crippen LogP) is 2.34. The summed E-state index contributed by atoms with van der Waals surface area (Å²) in [6.45, 7) is 1.91. The Kier molecular flexibility index (Phi) is 5.05. The van der Waals surface area contributed by atoms with Crippen molar-refractivity contribution in [1.82, 2.24) is 15.3 Å². The number of carbonyl (C=O) groups is 3. The first-order valence-corrected chi connectivity index (χ1v) is 9.66. The van der Waals surface area contributed by atoms with Gasteiger partial charge >= 0.3 is 0 Å². The summed E-state index contributed by atoms with van der Waals surface area (Å²) >= 11 is 0. The Morgan fingerprint density at radius 2 is 1.97 bits per heavy atom. The molecule has 2 unspecified atom stereocenters. The highest BCUT2D eigenvalue weighted by molar-refractivity contribution is 6.03. The number of benzene rings is 1. The van der Waals surface area contributed by atoms with Crippen molar-refractivity contribution in [2.75, 3.05) is 11.4 Å². The second kappa shape index (κ2) is 7.55. The highest BCUT2D eigenvalue weighted by atomic mass is 19.1. The molecule has 2 atom stereocenters. The molecule has 2 aliphatic rings. The van der Waals surface area contributed by atoms with Crippen LogP contribution in [0.25, 0.3) is 0 Å². The molecule has 1 aliphatic heterocycles. The summed E-state index contributed by atoms with van der Waals surface area (Å²) in [6.07, 6.45) is 2.30. The quantitative estimate of drug-likeness (QED) is 0.832. The van der Waals surface area contributed by atoms with E-state index in [1.165, 1.54) is 17.2 Å². The largest absolute Gasteiger partial charge is 0.347 e. The van der Waals surface area contributed by atoms with E-state index in [4.69, 9.17) is 0 Å². The fourth-order valence-electron chi connectivity index (χ4n) is 4.40. The third kappa shape index (κ3) is 3.79. The zero-order chi connectivity index (χ0) is 21.5. The van der Waals surface area contributed by atoms with E-state index in [1.807, 2.05) is 0 Å². The molecule has 1 N–H and O–H groups in total. The first-order chi connectivity index (χ1) is 14.3. The molecule has 2 amide bonds. The van der Waals surface area contributed by atoms with Crippen molar-refractivity contribution in [3.05, 3.63) is 53.6 Å². The molecule has 1 saturated carbocycles. The minimum absolute atomic E-state index is 0.0547. The van der Waals surface area contributed by atoms with Crippen LogP contribution >= 0.6 is 0 Å². The zero-order valence-corrected chi connectivity index (χ0v) is 16.3. The van der Waals surface area contributed by atoms with Crippen LogP contribution in [0.3, 0.4) is 0 Å². The number of anilines is 1. The number of nitrogens with one attached hydrogen (secondary N) is 1. The number of ketones is 1. The van der Waals surface area contributed by atoms with Gasteiger partial charge in [0.25, 0.3) is 5.91 Å². The van der Waals surface area contributed by atoms with Crippen LogP contribution in [0.1, 0.15) is 42.0 Å². The molecule has 0 bridgehead atoms. The molecule has 7 nitrogen and oxygen atoms in total. The van der Waals surface area contributed by atoms with E-state index < -0.39 is 29.0 Å². The van der Waals surface area contributed by atoms with Gasteiger partial charge in [-0.05, 0) is 38.0 Å². The van der Waals surface area contributed by atoms with Gasteiger partial charge in [-0.3, -0.25) is 14.4 Å². The van der Waals surface area contributed by atoms with Crippen molar-refractivity contribution in [3.63, 3.8) is 0 Å². The van der Waals surface area contributed by atoms with Crippen LogP contribution < -0.4 is 10.2 Å². The first-order valence-electron chi connectivity index (χ1n) is 9.66. The minimum Gasteiger partial charge on any atom is -0.347 e. The summed E-state index contributed by atoms with van der Waals surface area (Å²) in [7, 11) is 0. The average Bonchev–Trinajstić information content (AvgIpc) is 2.96. The van der Waals surface area contributed by atoms with Crippen molar-refractivity contribution in [1.29, 1.82) is 0 Å². The molecule has 2 fully saturated rings. The monoisotopic (exact) mass is 414 g/mol. The van der Waals surface area contributed by atoms with Crippen molar-refractivity contribution in [3.8, 4) is 0 Å². The number of rotatable bonds is 3. The number of aromatic nitrogens is 2. The lowest BCUT2D eigenvalue weighted by Gasteiger charge is -2.36. The molecule has 0 radical (unpaired) electrons. The number of Topliss-reactive ketones (excluding diaryl/α,β-unsaturated/α-hetero) is 1. The molecule has 9 heteroatoms. The SMILES string of the molecule is Cc1nccc(C(=O)NC2CC(=O)CC3(CCN(c4cc(F)cc(F)c4)C3=O)C2)n1.